The van der Waals surface area contributed by atoms with Gasteiger partial charge >= 0.3 is 0 Å². The van der Waals surface area contributed by atoms with Crippen molar-refractivity contribution in [2.75, 3.05) is 0 Å². The van der Waals surface area contributed by atoms with Crippen molar-refractivity contribution in [1.29, 1.82) is 0 Å². The molecule has 1 unspecified atom stereocenters. The first-order valence-corrected chi connectivity index (χ1v) is 5.93. The molecule has 1 heterocycles. The number of benzene rings is 1. The maximum absolute atomic E-state index is 13.6. The van der Waals surface area contributed by atoms with E-state index in [1.165, 1.54) is 6.07 Å². The lowest BCUT2D eigenvalue weighted by atomic mass is 10.1. The smallest absolute Gasteiger partial charge is 0.128 e. The average molecular weight is 241 g/mol. The van der Waals surface area contributed by atoms with Gasteiger partial charge < -0.3 is 0 Å². The molecule has 1 atom stereocenters. The largest absolute Gasteiger partial charge is 0.207 e. The van der Waals surface area contributed by atoms with Crippen molar-refractivity contribution >= 4 is 22.9 Å². The minimum absolute atomic E-state index is 0.233. The van der Waals surface area contributed by atoms with E-state index in [1.807, 2.05) is 30.5 Å². The van der Waals surface area contributed by atoms with E-state index in [0.29, 0.717) is 5.56 Å². The standard InChI is InChI=1S/C12H10ClFS/c1-8-4-5-9(10(14)7-8)12(13)11-3-2-6-15-11/h2-7,12H,1H3. The zero-order valence-electron chi connectivity index (χ0n) is 8.21. The lowest BCUT2D eigenvalue weighted by Crippen LogP contribution is -1.95. The van der Waals surface area contributed by atoms with Crippen LogP contribution < -0.4 is 0 Å². The summed E-state index contributed by atoms with van der Waals surface area (Å²) in [5.74, 6) is -0.233. The van der Waals surface area contributed by atoms with Crippen molar-refractivity contribution in [2.24, 2.45) is 0 Å². The summed E-state index contributed by atoms with van der Waals surface area (Å²) in [5.41, 5.74) is 1.45. The molecule has 78 valence electrons. The molecule has 0 saturated heterocycles. The molecule has 0 radical (unpaired) electrons. The zero-order chi connectivity index (χ0) is 10.8. The van der Waals surface area contributed by atoms with Crippen LogP contribution in [0.25, 0.3) is 0 Å². The Balaban J connectivity index is 2.38. The maximum Gasteiger partial charge on any atom is 0.128 e. The SMILES string of the molecule is Cc1ccc(C(Cl)c2cccs2)c(F)c1. The first kappa shape index (κ1) is 10.7. The third kappa shape index (κ3) is 2.21. The summed E-state index contributed by atoms with van der Waals surface area (Å²) in [6, 6.07) is 8.98. The molecule has 3 heteroatoms. The number of hydrogen-bond acceptors (Lipinski definition) is 1. The van der Waals surface area contributed by atoms with Crippen LogP contribution in [0.2, 0.25) is 0 Å². The number of halogens is 2. The molecule has 0 aliphatic heterocycles. The van der Waals surface area contributed by atoms with E-state index in [0.717, 1.165) is 10.4 Å². The Morgan fingerprint density at radius 2 is 2.13 bits per heavy atom. The van der Waals surface area contributed by atoms with Gasteiger partial charge in [-0.1, -0.05) is 18.2 Å². The van der Waals surface area contributed by atoms with E-state index >= 15 is 0 Å². The number of hydrogen-bond donors (Lipinski definition) is 0. The molecule has 0 N–H and O–H groups in total. The summed E-state index contributed by atoms with van der Waals surface area (Å²) in [6.45, 7) is 1.86. The molecule has 2 aromatic rings. The fourth-order valence-corrected chi connectivity index (χ4v) is 2.55. The summed E-state index contributed by atoms with van der Waals surface area (Å²) in [7, 11) is 0. The van der Waals surface area contributed by atoms with Crippen LogP contribution in [0.15, 0.2) is 35.7 Å². The molecular weight excluding hydrogens is 231 g/mol. The average Bonchev–Trinajstić information content (AvgIpc) is 2.69. The van der Waals surface area contributed by atoms with Gasteiger partial charge in [-0.15, -0.1) is 22.9 Å². The van der Waals surface area contributed by atoms with E-state index in [4.69, 9.17) is 11.6 Å². The minimum atomic E-state index is -0.384. The molecule has 0 nitrogen and oxygen atoms in total. The van der Waals surface area contributed by atoms with Crippen LogP contribution in [0.3, 0.4) is 0 Å². The van der Waals surface area contributed by atoms with Gasteiger partial charge in [0.1, 0.15) is 5.82 Å². The molecule has 0 fully saturated rings. The number of thiophene rings is 1. The summed E-state index contributed by atoms with van der Waals surface area (Å²) < 4.78 is 13.6. The molecule has 0 amide bonds. The van der Waals surface area contributed by atoms with Crippen LogP contribution >= 0.6 is 22.9 Å². The topological polar surface area (TPSA) is 0 Å². The molecule has 0 aliphatic carbocycles. The summed E-state index contributed by atoms with van der Waals surface area (Å²) in [6.07, 6.45) is 0. The van der Waals surface area contributed by atoms with E-state index in [1.54, 1.807) is 17.4 Å². The van der Waals surface area contributed by atoms with Gasteiger partial charge in [-0.3, -0.25) is 0 Å². The molecule has 0 saturated carbocycles. The lowest BCUT2D eigenvalue weighted by molar-refractivity contribution is 0.611. The second kappa shape index (κ2) is 4.33. The molecule has 0 bridgehead atoms. The Labute approximate surface area is 97.3 Å². The van der Waals surface area contributed by atoms with Gasteiger partial charge in [-0.2, -0.15) is 0 Å². The Hall–Kier alpha value is -0.860. The van der Waals surface area contributed by atoms with E-state index in [-0.39, 0.29) is 11.2 Å². The highest BCUT2D eigenvalue weighted by atomic mass is 35.5. The van der Waals surface area contributed by atoms with Crippen molar-refractivity contribution < 1.29 is 4.39 Å². The second-order valence-electron chi connectivity index (χ2n) is 3.40. The van der Waals surface area contributed by atoms with Gasteiger partial charge in [0.15, 0.2) is 0 Å². The molecule has 0 aliphatic rings. The van der Waals surface area contributed by atoms with Crippen LogP contribution in [-0.2, 0) is 0 Å². The van der Waals surface area contributed by atoms with Gasteiger partial charge in [-0.25, -0.2) is 4.39 Å². The third-order valence-corrected chi connectivity index (χ3v) is 3.76. The molecule has 15 heavy (non-hydrogen) atoms. The van der Waals surface area contributed by atoms with Gasteiger partial charge in [0.25, 0.3) is 0 Å². The summed E-state index contributed by atoms with van der Waals surface area (Å²) in [4.78, 5) is 0.972. The molecule has 1 aromatic heterocycles. The highest BCUT2D eigenvalue weighted by Crippen LogP contribution is 2.33. The molecule has 0 spiro atoms. The van der Waals surface area contributed by atoms with Crippen molar-refractivity contribution in [1.82, 2.24) is 0 Å². The number of rotatable bonds is 2. The Morgan fingerprint density at radius 1 is 1.33 bits per heavy atom. The van der Waals surface area contributed by atoms with Crippen LogP contribution in [-0.4, -0.2) is 0 Å². The van der Waals surface area contributed by atoms with Crippen molar-refractivity contribution in [3.8, 4) is 0 Å². The minimum Gasteiger partial charge on any atom is -0.207 e. The monoisotopic (exact) mass is 240 g/mol. The fourth-order valence-electron chi connectivity index (χ4n) is 1.43. The van der Waals surface area contributed by atoms with Gasteiger partial charge in [0.2, 0.25) is 0 Å². The van der Waals surface area contributed by atoms with Crippen molar-refractivity contribution in [3.63, 3.8) is 0 Å². The lowest BCUT2D eigenvalue weighted by Gasteiger charge is -2.09. The maximum atomic E-state index is 13.6. The highest BCUT2D eigenvalue weighted by Gasteiger charge is 2.15. The Kier molecular flexibility index (Phi) is 3.08. The molecular formula is C12H10ClFS. The fraction of sp³-hybridized carbons (Fsp3) is 0.167. The normalized spacial score (nSPS) is 12.7. The second-order valence-corrected chi connectivity index (χ2v) is 4.82. The van der Waals surface area contributed by atoms with Gasteiger partial charge in [-0.05, 0) is 30.0 Å². The van der Waals surface area contributed by atoms with E-state index < -0.39 is 0 Å². The summed E-state index contributed by atoms with van der Waals surface area (Å²) >= 11 is 7.74. The third-order valence-electron chi connectivity index (χ3n) is 2.22. The van der Waals surface area contributed by atoms with Crippen LogP contribution in [0, 0.1) is 12.7 Å². The first-order valence-electron chi connectivity index (χ1n) is 4.62. The van der Waals surface area contributed by atoms with Gasteiger partial charge in [0.05, 0.1) is 5.38 Å². The first-order chi connectivity index (χ1) is 7.18. The Bertz CT molecular complexity index is 451. The summed E-state index contributed by atoms with van der Waals surface area (Å²) in [5, 5.41) is 1.56. The van der Waals surface area contributed by atoms with E-state index in [2.05, 4.69) is 0 Å². The van der Waals surface area contributed by atoms with Crippen LogP contribution in [0.4, 0.5) is 4.39 Å². The van der Waals surface area contributed by atoms with Crippen LogP contribution in [0.1, 0.15) is 21.4 Å². The predicted molar refractivity (Wildman–Crippen MR) is 63.2 cm³/mol. The quantitative estimate of drug-likeness (QED) is 0.677. The Morgan fingerprint density at radius 3 is 2.73 bits per heavy atom. The zero-order valence-corrected chi connectivity index (χ0v) is 9.78. The number of aryl methyl sites for hydroxylation is 1. The van der Waals surface area contributed by atoms with Crippen molar-refractivity contribution in [3.05, 3.63) is 57.5 Å². The van der Waals surface area contributed by atoms with Gasteiger partial charge in [0, 0.05) is 10.4 Å². The number of alkyl halides is 1. The molecule has 2 rings (SSSR count). The van der Waals surface area contributed by atoms with Crippen LogP contribution in [0.5, 0.6) is 0 Å². The molecule has 1 aromatic carbocycles. The van der Waals surface area contributed by atoms with Crippen molar-refractivity contribution in [2.45, 2.75) is 12.3 Å². The highest BCUT2D eigenvalue weighted by molar-refractivity contribution is 7.10. The van der Waals surface area contributed by atoms with E-state index in [9.17, 15) is 4.39 Å². The predicted octanol–water partition coefficient (Wildman–Crippen LogP) is 4.52.